The van der Waals surface area contributed by atoms with Gasteiger partial charge in [0, 0.05) is 0 Å². The first-order valence-corrected chi connectivity index (χ1v) is 14.7. The Balaban J connectivity index is 1.43. The van der Waals surface area contributed by atoms with Gasteiger partial charge >= 0.3 is 6.03 Å². The molecule has 4 aromatic rings. The van der Waals surface area contributed by atoms with E-state index in [1.54, 1.807) is 6.92 Å². The van der Waals surface area contributed by atoms with Gasteiger partial charge in [-0.15, -0.1) is 15.7 Å². The number of hydrogen-bond donors (Lipinski definition) is 3. The van der Waals surface area contributed by atoms with Crippen LogP contribution in [0, 0.1) is 6.92 Å². The molecule has 0 fully saturated rings. The normalized spacial score (nSPS) is 14.3. The molecule has 0 atom stereocenters. The smallest absolute Gasteiger partial charge is 0.333 e. The molecule has 196 valence electrons. The molecule has 4 heterocycles. The number of sulfonamides is 2. The number of rotatable bonds is 4. The molecule has 0 unspecified atom stereocenters. The number of carbonyl (C=O) groups is 1. The molecule has 17 heteroatoms. The van der Waals surface area contributed by atoms with Gasteiger partial charge in [-0.3, -0.25) is 4.79 Å². The minimum atomic E-state index is -4.12. The molecule has 0 aliphatic carbocycles. The third-order valence-corrected chi connectivity index (χ3v) is 9.72. The molecule has 3 N–H and O–H groups in total. The number of urea groups is 1. The van der Waals surface area contributed by atoms with Gasteiger partial charge in [0.2, 0.25) is 0 Å². The first-order chi connectivity index (χ1) is 17.8. The van der Waals surface area contributed by atoms with Crippen molar-refractivity contribution in [3.05, 3.63) is 63.1 Å². The number of hydrogen-bond acceptors (Lipinski definition) is 10. The fraction of sp³-hybridized carbons (Fsp3) is 0.0952. The molecule has 0 spiro atoms. The van der Waals surface area contributed by atoms with Crippen LogP contribution in [0.3, 0.4) is 0 Å². The second-order valence-corrected chi connectivity index (χ2v) is 13.2. The number of nitrogens with one attached hydrogen (secondary N) is 3. The van der Waals surface area contributed by atoms with Crippen LogP contribution in [0.4, 0.5) is 16.2 Å². The number of amides is 2. The Kier molecular flexibility index (Phi) is 6.21. The number of aromatic nitrogens is 3. The van der Waals surface area contributed by atoms with Gasteiger partial charge in [0.25, 0.3) is 25.6 Å². The summed E-state index contributed by atoms with van der Waals surface area (Å²) in [6.45, 7) is 3.09. The average molecular weight is 594 g/mol. The predicted molar refractivity (Wildman–Crippen MR) is 142 cm³/mol. The van der Waals surface area contributed by atoms with E-state index in [1.807, 2.05) is 4.72 Å². The lowest BCUT2D eigenvalue weighted by Gasteiger charge is -2.17. The number of nitrogens with zero attached hydrogens (tertiary/aromatic N) is 4. The Morgan fingerprint density at radius 3 is 2.58 bits per heavy atom. The number of fused-ring (bicyclic) bond motifs is 2. The fourth-order valence-corrected chi connectivity index (χ4v) is 7.26. The topological polar surface area (TPSA) is 182 Å². The van der Waals surface area contributed by atoms with Crippen molar-refractivity contribution in [1.82, 2.24) is 19.3 Å². The van der Waals surface area contributed by atoms with Crippen LogP contribution in [0.1, 0.15) is 12.7 Å². The summed E-state index contributed by atoms with van der Waals surface area (Å²) in [6, 6.07) is 7.15. The molecule has 13 nitrogen and oxygen atoms in total. The summed E-state index contributed by atoms with van der Waals surface area (Å²) in [7, 11) is -8.11. The van der Waals surface area contributed by atoms with Gasteiger partial charge in [-0.1, -0.05) is 11.6 Å². The predicted octanol–water partition coefficient (Wildman–Crippen LogP) is 2.85. The number of pyridine rings is 1. The van der Waals surface area contributed by atoms with Crippen LogP contribution in [0.5, 0.6) is 0 Å². The third kappa shape index (κ3) is 4.73. The van der Waals surface area contributed by atoms with Gasteiger partial charge in [0.15, 0.2) is 0 Å². The van der Waals surface area contributed by atoms with Crippen LogP contribution in [0.25, 0.3) is 16.7 Å². The van der Waals surface area contributed by atoms with Crippen molar-refractivity contribution in [3.8, 4) is 5.82 Å². The maximum Gasteiger partial charge on any atom is 0.333 e. The molecule has 0 radical (unpaired) electrons. The maximum atomic E-state index is 13.3. The van der Waals surface area contributed by atoms with Gasteiger partial charge in [-0.25, -0.2) is 32.5 Å². The molecule has 0 saturated heterocycles. The largest absolute Gasteiger partial charge is 0.342 e. The third-order valence-electron chi connectivity index (χ3n) is 5.26. The van der Waals surface area contributed by atoms with Crippen LogP contribution >= 0.6 is 22.9 Å². The van der Waals surface area contributed by atoms with E-state index in [0.717, 1.165) is 11.3 Å². The van der Waals surface area contributed by atoms with Crippen molar-refractivity contribution in [2.24, 2.45) is 4.40 Å². The molecule has 1 aliphatic rings. The lowest BCUT2D eigenvalue weighted by molar-refractivity contribution is 0.256. The van der Waals surface area contributed by atoms with E-state index >= 15 is 0 Å². The van der Waals surface area contributed by atoms with Gasteiger partial charge in [0.1, 0.15) is 26.6 Å². The fourth-order valence-electron chi connectivity index (χ4n) is 3.72. The van der Waals surface area contributed by atoms with E-state index in [2.05, 4.69) is 25.0 Å². The first kappa shape index (κ1) is 25.8. The Hall–Kier alpha value is -3.86. The van der Waals surface area contributed by atoms with Crippen LogP contribution < -0.4 is 20.9 Å². The van der Waals surface area contributed by atoms with Crippen LogP contribution in [-0.2, 0) is 20.0 Å². The SMILES string of the molecule is CC1=NS(=O)(=O)c2cc3c(=O)n(-c4ccc(NC(=O)NS(=O)(=O)c5ccc(Cl)s5)cn4)c(C)nc3cc2N1. The summed E-state index contributed by atoms with van der Waals surface area (Å²) in [5.74, 6) is 0.612. The van der Waals surface area contributed by atoms with E-state index in [1.165, 1.54) is 54.1 Å². The minimum Gasteiger partial charge on any atom is -0.342 e. The van der Waals surface area contributed by atoms with Crippen molar-refractivity contribution in [2.45, 2.75) is 23.0 Å². The Bertz CT molecular complexity index is 1950. The number of carbonyl (C=O) groups excluding carboxylic acids is 1. The minimum absolute atomic E-state index is 0.0387. The van der Waals surface area contributed by atoms with Gasteiger partial charge < -0.3 is 10.6 Å². The maximum absolute atomic E-state index is 13.3. The molecule has 3 aromatic heterocycles. The summed E-state index contributed by atoms with van der Waals surface area (Å²) in [6.07, 6.45) is 1.22. The van der Waals surface area contributed by atoms with Crippen molar-refractivity contribution in [3.63, 3.8) is 0 Å². The molecule has 2 amide bonds. The number of thiophene rings is 1. The van der Waals surface area contributed by atoms with E-state index in [-0.39, 0.29) is 53.2 Å². The van der Waals surface area contributed by atoms with Crippen LogP contribution in [-0.4, -0.2) is 43.2 Å². The lowest BCUT2D eigenvalue weighted by Crippen LogP contribution is -2.34. The van der Waals surface area contributed by atoms with Crippen molar-refractivity contribution in [1.29, 1.82) is 0 Å². The molecule has 1 aliphatic heterocycles. The summed E-state index contributed by atoms with van der Waals surface area (Å²) in [5.41, 5.74) is 0.126. The highest BCUT2D eigenvalue weighted by atomic mass is 35.5. The van der Waals surface area contributed by atoms with Gasteiger partial charge in [-0.05, 0) is 50.2 Å². The zero-order valence-electron chi connectivity index (χ0n) is 19.4. The quantitative estimate of drug-likeness (QED) is 0.320. The standard InChI is InChI=1S/C21H16ClN7O6S3/c1-10-24-15-8-14-13(7-16(15)37(32,33)27-10)20(30)29(11(2)25-14)18-5-3-12(9-23-18)26-21(31)28-38(34,35)19-6-4-17(22)36-19/h3-9H,1-2H3,(H,24,27)(H2,26,28,31). The van der Waals surface area contributed by atoms with Gasteiger partial charge in [-0.2, -0.15) is 8.42 Å². The molecule has 5 rings (SSSR count). The highest BCUT2D eigenvalue weighted by Crippen LogP contribution is 2.30. The second kappa shape index (κ2) is 9.16. The average Bonchev–Trinajstić information content (AvgIpc) is 3.26. The zero-order valence-corrected chi connectivity index (χ0v) is 22.6. The van der Waals surface area contributed by atoms with Gasteiger partial charge in [0.05, 0.1) is 32.8 Å². The Morgan fingerprint density at radius 2 is 1.92 bits per heavy atom. The van der Waals surface area contributed by atoms with E-state index in [9.17, 15) is 26.4 Å². The van der Waals surface area contributed by atoms with E-state index < -0.39 is 31.6 Å². The molecule has 0 bridgehead atoms. The first-order valence-electron chi connectivity index (χ1n) is 10.6. The molecular weight excluding hydrogens is 578 g/mol. The second-order valence-electron chi connectivity index (χ2n) is 7.97. The highest BCUT2D eigenvalue weighted by molar-refractivity contribution is 7.92. The molecular formula is C21H16ClN7O6S3. The summed E-state index contributed by atoms with van der Waals surface area (Å²) in [5, 5.41) is 5.25. The van der Waals surface area contributed by atoms with Crippen molar-refractivity contribution in [2.75, 3.05) is 10.6 Å². The van der Waals surface area contributed by atoms with E-state index in [4.69, 9.17) is 11.6 Å². The Labute approximate surface area is 224 Å². The molecule has 1 aromatic carbocycles. The summed E-state index contributed by atoms with van der Waals surface area (Å²) in [4.78, 5) is 34.0. The summed E-state index contributed by atoms with van der Waals surface area (Å²) < 4.78 is 56.4. The van der Waals surface area contributed by atoms with Crippen molar-refractivity contribution >= 4 is 77.1 Å². The number of aryl methyl sites for hydroxylation is 1. The highest BCUT2D eigenvalue weighted by Gasteiger charge is 2.26. The Morgan fingerprint density at radius 1 is 1.16 bits per heavy atom. The number of anilines is 2. The summed E-state index contributed by atoms with van der Waals surface area (Å²) >= 11 is 6.55. The lowest BCUT2D eigenvalue weighted by atomic mass is 10.2. The number of halogens is 1. The number of benzene rings is 1. The van der Waals surface area contributed by atoms with Crippen molar-refractivity contribution < 1.29 is 21.6 Å². The monoisotopic (exact) mass is 593 g/mol. The van der Waals surface area contributed by atoms with E-state index in [0.29, 0.717) is 0 Å². The zero-order chi connectivity index (χ0) is 27.4. The van der Waals surface area contributed by atoms with Crippen LogP contribution in [0.15, 0.2) is 60.9 Å². The number of amidine groups is 1. The molecule has 0 saturated carbocycles. The molecule has 38 heavy (non-hydrogen) atoms. The van der Waals surface area contributed by atoms with Crippen LogP contribution in [0.2, 0.25) is 4.34 Å².